The van der Waals surface area contributed by atoms with Crippen LogP contribution in [-0.4, -0.2) is 5.91 Å². The maximum Gasteiger partial charge on any atom is 0.224 e. The fraction of sp³-hybridized carbons (Fsp3) is 0.727. The van der Waals surface area contributed by atoms with E-state index in [2.05, 4.69) is 19.9 Å². The summed E-state index contributed by atoms with van der Waals surface area (Å²) in [5, 5.41) is 0. The molecule has 0 bridgehead atoms. The Balaban J connectivity index is 4.48. The lowest BCUT2D eigenvalue weighted by atomic mass is 9.91. The third-order valence-corrected chi connectivity index (χ3v) is 2.20. The molecule has 2 heteroatoms. The Hall–Kier alpha value is -0.790. The Kier molecular flexibility index (Phi) is 6.29. The van der Waals surface area contributed by atoms with Crippen LogP contribution >= 0.6 is 0 Å². The fourth-order valence-electron chi connectivity index (χ4n) is 1.62. The van der Waals surface area contributed by atoms with Crippen LogP contribution in [-0.2, 0) is 4.79 Å². The summed E-state index contributed by atoms with van der Waals surface area (Å²) in [4.78, 5) is 11.1. The molecule has 2 nitrogen and oxygen atoms in total. The largest absolute Gasteiger partial charge is 0.369 e. The summed E-state index contributed by atoms with van der Waals surface area (Å²) >= 11 is 0. The van der Waals surface area contributed by atoms with Gasteiger partial charge in [-0.1, -0.05) is 38.8 Å². The van der Waals surface area contributed by atoms with E-state index in [1.54, 1.807) is 0 Å². The highest BCUT2D eigenvalue weighted by Gasteiger charge is 2.16. The van der Waals surface area contributed by atoms with Crippen LogP contribution in [0.15, 0.2) is 11.6 Å². The van der Waals surface area contributed by atoms with Crippen molar-refractivity contribution in [3.63, 3.8) is 0 Å². The van der Waals surface area contributed by atoms with Crippen molar-refractivity contribution in [1.29, 1.82) is 0 Å². The van der Waals surface area contributed by atoms with E-state index >= 15 is 0 Å². The van der Waals surface area contributed by atoms with E-state index in [1.165, 1.54) is 5.57 Å². The molecule has 0 fully saturated rings. The smallest absolute Gasteiger partial charge is 0.224 e. The monoisotopic (exact) mass is 183 g/mol. The van der Waals surface area contributed by atoms with Gasteiger partial charge in [0.05, 0.1) is 5.92 Å². The van der Waals surface area contributed by atoms with Gasteiger partial charge in [0, 0.05) is 0 Å². The van der Waals surface area contributed by atoms with E-state index in [9.17, 15) is 4.79 Å². The van der Waals surface area contributed by atoms with Crippen molar-refractivity contribution in [2.45, 2.75) is 46.5 Å². The molecule has 1 atom stereocenters. The quantitative estimate of drug-likeness (QED) is 0.632. The van der Waals surface area contributed by atoms with Crippen LogP contribution in [0.5, 0.6) is 0 Å². The molecular weight excluding hydrogens is 162 g/mol. The van der Waals surface area contributed by atoms with Gasteiger partial charge in [0.25, 0.3) is 0 Å². The second-order valence-electron chi connectivity index (χ2n) is 3.30. The van der Waals surface area contributed by atoms with Gasteiger partial charge in [-0.2, -0.15) is 0 Å². The molecule has 1 unspecified atom stereocenters. The molecule has 1 amide bonds. The molecule has 0 aromatic rings. The maximum atomic E-state index is 11.1. The number of carbonyl (C=O) groups is 1. The average molecular weight is 183 g/mol. The third-order valence-electron chi connectivity index (χ3n) is 2.20. The molecule has 0 saturated heterocycles. The van der Waals surface area contributed by atoms with Crippen molar-refractivity contribution in [2.24, 2.45) is 11.7 Å². The summed E-state index contributed by atoms with van der Waals surface area (Å²) in [5.74, 6) is -0.226. The van der Waals surface area contributed by atoms with Crippen molar-refractivity contribution >= 4 is 5.91 Å². The van der Waals surface area contributed by atoms with Gasteiger partial charge in [-0.25, -0.2) is 0 Å². The molecule has 0 heterocycles. The summed E-state index contributed by atoms with van der Waals surface area (Å²) in [6.45, 7) is 6.22. The first-order chi connectivity index (χ1) is 6.17. The number of amides is 1. The van der Waals surface area contributed by atoms with Crippen LogP contribution < -0.4 is 5.73 Å². The number of allylic oxidation sites excluding steroid dienone is 1. The number of hydrogen-bond acceptors (Lipinski definition) is 1. The first-order valence-corrected chi connectivity index (χ1v) is 5.15. The fourth-order valence-corrected chi connectivity index (χ4v) is 1.62. The topological polar surface area (TPSA) is 43.1 Å². The van der Waals surface area contributed by atoms with Crippen LogP contribution in [0.25, 0.3) is 0 Å². The SMILES string of the molecule is CC/C=C(\CCC)C(CC)C(N)=O. The van der Waals surface area contributed by atoms with Crippen LogP contribution in [0, 0.1) is 5.92 Å². The minimum atomic E-state index is -0.185. The maximum absolute atomic E-state index is 11.1. The molecular formula is C11H21NO. The van der Waals surface area contributed by atoms with E-state index in [0.717, 1.165) is 25.7 Å². The number of carbonyl (C=O) groups excluding carboxylic acids is 1. The minimum absolute atomic E-state index is 0.0418. The van der Waals surface area contributed by atoms with Crippen molar-refractivity contribution in [2.75, 3.05) is 0 Å². The van der Waals surface area contributed by atoms with E-state index in [1.807, 2.05) is 6.92 Å². The Labute approximate surface area is 81.2 Å². The van der Waals surface area contributed by atoms with Crippen LogP contribution in [0.3, 0.4) is 0 Å². The van der Waals surface area contributed by atoms with Crippen LogP contribution in [0.4, 0.5) is 0 Å². The molecule has 0 aromatic carbocycles. The summed E-state index contributed by atoms with van der Waals surface area (Å²) in [5.41, 5.74) is 6.55. The van der Waals surface area contributed by atoms with Gasteiger partial charge in [-0.15, -0.1) is 0 Å². The van der Waals surface area contributed by atoms with E-state index < -0.39 is 0 Å². The molecule has 76 valence electrons. The highest BCUT2D eigenvalue weighted by molar-refractivity contribution is 5.79. The first kappa shape index (κ1) is 12.2. The molecule has 0 rings (SSSR count). The summed E-state index contributed by atoms with van der Waals surface area (Å²) < 4.78 is 0. The molecule has 0 aliphatic carbocycles. The van der Waals surface area contributed by atoms with Gasteiger partial charge in [0.2, 0.25) is 5.91 Å². The van der Waals surface area contributed by atoms with E-state index in [0.29, 0.717) is 0 Å². The van der Waals surface area contributed by atoms with Crippen molar-refractivity contribution in [3.8, 4) is 0 Å². The van der Waals surface area contributed by atoms with Gasteiger partial charge in [-0.3, -0.25) is 4.79 Å². The normalized spacial score (nSPS) is 14.2. The lowest BCUT2D eigenvalue weighted by Gasteiger charge is -2.14. The molecule has 0 aliphatic heterocycles. The molecule has 0 saturated carbocycles. The highest BCUT2D eigenvalue weighted by atomic mass is 16.1. The van der Waals surface area contributed by atoms with Gasteiger partial charge < -0.3 is 5.73 Å². The van der Waals surface area contributed by atoms with Gasteiger partial charge in [0.1, 0.15) is 0 Å². The van der Waals surface area contributed by atoms with Gasteiger partial charge in [-0.05, 0) is 19.3 Å². The summed E-state index contributed by atoms with van der Waals surface area (Å²) in [6, 6.07) is 0. The van der Waals surface area contributed by atoms with Crippen molar-refractivity contribution in [1.82, 2.24) is 0 Å². The number of hydrogen-bond donors (Lipinski definition) is 1. The number of nitrogens with two attached hydrogens (primary N) is 1. The van der Waals surface area contributed by atoms with Crippen LogP contribution in [0.2, 0.25) is 0 Å². The van der Waals surface area contributed by atoms with E-state index in [-0.39, 0.29) is 11.8 Å². The zero-order valence-electron chi connectivity index (χ0n) is 8.97. The molecule has 13 heavy (non-hydrogen) atoms. The zero-order chi connectivity index (χ0) is 10.3. The Morgan fingerprint density at radius 3 is 2.31 bits per heavy atom. The zero-order valence-corrected chi connectivity index (χ0v) is 8.97. The Morgan fingerprint density at radius 2 is 2.00 bits per heavy atom. The van der Waals surface area contributed by atoms with Gasteiger partial charge >= 0.3 is 0 Å². The lowest BCUT2D eigenvalue weighted by Crippen LogP contribution is -2.24. The molecule has 0 radical (unpaired) electrons. The minimum Gasteiger partial charge on any atom is -0.369 e. The Morgan fingerprint density at radius 1 is 1.38 bits per heavy atom. The molecule has 0 aliphatic rings. The first-order valence-electron chi connectivity index (χ1n) is 5.15. The second kappa shape index (κ2) is 6.70. The Bertz CT molecular complexity index is 185. The third kappa shape index (κ3) is 4.11. The second-order valence-corrected chi connectivity index (χ2v) is 3.30. The van der Waals surface area contributed by atoms with Gasteiger partial charge in [0.15, 0.2) is 0 Å². The highest BCUT2D eigenvalue weighted by Crippen LogP contribution is 2.20. The van der Waals surface area contributed by atoms with Crippen molar-refractivity contribution < 1.29 is 4.79 Å². The standard InChI is InChI=1S/C11H21NO/c1-4-7-9(8-5-2)10(6-3)11(12)13/h7,10H,4-6,8H2,1-3H3,(H2,12,13)/b9-7+. The number of primary amides is 1. The predicted octanol–water partition coefficient (Wildman–Crippen LogP) is 2.63. The average Bonchev–Trinajstić information content (AvgIpc) is 2.05. The van der Waals surface area contributed by atoms with Crippen LogP contribution in [0.1, 0.15) is 46.5 Å². The molecule has 2 N–H and O–H groups in total. The summed E-state index contributed by atoms with van der Waals surface area (Å²) in [7, 11) is 0. The van der Waals surface area contributed by atoms with Crippen molar-refractivity contribution in [3.05, 3.63) is 11.6 Å². The predicted molar refractivity (Wildman–Crippen MR) is 56.3 cm³/mol. The summed E-state index contributed by atoms with van der Waals surface area (Å²) in [6.07, 6.45) is 6.02. The lowest BCUT2D eigenvalue weighted by molar-refractivity contribution is -0.120. The van der Waals surface area contributed by atoms with E-state index in [4.69, 9.17) is 5.73 Å². The molecule has 0 aromatic heterocycles. The molecule has 0 spiro atoms. The number of rotatable bonds is 6.